The van der Waals surface area contributed by atoms with Gasteiger partial charge in [-0.2, -0.15) is 4.72 Å². The molecule has 0 aliphatic carbocycles. The Labute approximate surface area is 138 Å². The second-order valence-electron chi connectivity index (χ2n) is 5.00. The molecular weight excluding hydrogens is 334 g/mol. The Bertz CT molecular complexity index is 831. The molecular formula is C16H15NO6S. The molecule has 0 aliphatic rings. The van der Waals surface area contributed by atoms with E-state index in [0.29, 0.717) is 0 Å². The second-order valence-corrected chi connectivity index (χ2v) is 6.71. The van der Waals surface area contributed by atoms with Gasteiger partial charge in [-0.05, 0) is 23.3 Å². The lowest BCUT2D eigenvalue weighted by atomic mass is 10.1. The molecule has 2 aromatic carbocycles. The van der Waals surface area contributed by atoms with E-state index >= 15 is 0 Å². The molecule has 0 radical (unpaired) electrons. The lowest BCUT2D eigenvalue weighted by molar-refractivity contribution is -0.145. The first-order chi connectivity index (χ1) is 11.3. The van der Waals surface area contributed by atoms with Crippen LogP contribution in [0.1, 0.15) is 6.42 Å². The van der Waals surface area contributed by atoms with Crippen LogP contribution >= 0.6 is 0 Å². The van der Waals surface area contributed by atoms with Crippen LogP contribution in [0, 0.1) is 0 Å². The van der Waals surface area contributed by atoms with Crippen molar-refractivity contribution in [1.29, 1.82) is 0 Å². The fourth-order valence-corrected chi connectivity index (χ4v) is 3.26. The number of hydrogen-bond donors (Lipinski definition) is 3. The summed E-state index contributed by atoms with van der Waals surface area (Å²) in [4.78, 5) is 21.5. The first-order valence-electron chi connectivity index (χ1n) is 6.92. The molecule has 0 fully saturated rings. The number of nitrogens with one attached hydrogen (secondary N) is 1. The molecule has 7 nitrogen and oxygen atoms in total. The van der Waals surface area contributed by atoms with Crippen LogP contribution in [0.15, 0.2) is 59.5 Å². The van der Waals surface area contributed by atoms with Crippen LogP contribution < -0.4 is 4.72 Å². The normalized spacial score (nSPS) is 12.5. The predicted octanol–water partition coefficient (Wildman–Crippen LogP) is 1.56. The molecule has 0 unspecified atom stereocenters. The summed E-state index contributed by atoms with van der Waals surface area (Å²) in [6, 6.07) is 13.4. The van der Waals surface area contributed by atoms with Gasteiger partial charge in [0.15, 0.2) is 0 Å². The van der Waals surface area contributed by atoms with Crippen molar-refractivity contribution in [2.45, 2.75) is 17.4 Å². The van der Waals surface area contributed by atoms with Crippen molar-refractivity contribution < 1.29 is 28.2 Å². The monoisotopic (exact) mass is 349 g/mol. The summed E-state index contributed by atoms with van der Waals surface area (Å²) in [5.74, 6) is -2.97. The van der Waals surface area contributed by atoms with Crippen LogP contribution in [-0.2, 0) is 19.6 Å². The maximum atomic E-state index is 12.2. The van der Waals surface area contributed by atoms with Crippen molar-refractivity contribution in [3.8, 4) is 11.1 Å². The van der Waals surface area contributed by atoms with Crippen LogP contribution in [-0.4, -0.2) is 36.6 Å². The molecule has 0 spiro atoms. The van der Waals surface area contributed by atoms with Crippen molar-refractivity contribution in [2.75, 3.05) is 0 Å². The first-order valence-corrected chi connectivity index (χ1v) is 8.40. The average Bonchev–Trinajstić information content (AvgIpc) is 2.54. The maximum absolute atomic E-state index is 12.2. The molecule has 0 saturated carbocycles. The molecule has 0 bridgehead atoms. The minimum Gasteiger partial charge on any atom is -0.481 e. The van der Waals surface area contributed by atoms with E-state index in [1.165, 1.54) is 12.1 Å². The van der Waals surface area contributed by atoms with Crippen LogP contribution in [0.2, 0.25) is 0 Å². The Balaban J connectivity index is 2.23. The third-order valence-corrected chi connectivity index (χ3v) is 4.73. The lowest BCUT2D eigenvalue weighted by Gasteiger charge is -2.13. The fourth-order valence-electron chi connectivity index (χ4n) is 2.07. The Morgan fingerprint density at radius 2 is 1.46 bits per heavy atom. The highest BCUT2D eigenvalue weighted by atomic mass is 32.2. The van der Waals surface area contributed by atoms with E-state index in [0.717, 1.165) is 11.1 Å². The van der Waals surface area contributed by atoms with Gasteiger partial charge < -0.3 is 10.2 Å². The number of aliphatic carboxylic acids is 2. The van der Waals surface area contributed by atoms with Crippen molar-refractivity contribution >= 4 is 22.0 Å². The minimum atomic E-state index is -4.14. The third-order valence-electron chi connectivity index (χ3n) is 3.25. The smallest absolute Gasteiger partial charge is 0.322 e. The highest BCUT2D eigenvalue weighted by molar-refractivity contribution is 7.89. The van der Waals surface area contributed by atoms with Crippen LogP contribution in [0.25, 0.3) is 11.1 Å². The maximum Gasteiger partial charge on any atom is 0.322 e. The number of carboxylic acid groups (broad SMARTS) is 2. The van der Waals surface area contributed by atoms with Crippen molar-refractivity contribution in [3.05, 3.63) is 54.6 Å². The van der Waals surface area contributed by atoms with E-state index < -0.39 is 34.4 Å². The lowest BCUT2D eigenvalue weighted by Crippen LogP contribution is -2.42. The Kier molecular flexibility index (Phi) is 5.32. The van der Waals surface area contributed by atoms with Gasteiger partial charge >= 0.3 is 11.9 Å². The molecule has 2 aromatic rings. The van der Waals surface area contributed by atoms with E-state index in [4.69, 9.17) is 10.2 Å². The van der Waals surface area contributed by atoms with Crippen LogP contribution in [0.4, 0.5) is 0 Å². The standard InChI is InChI=1S/C16H15NO6S/c18-15(19)10-14(16(20)21)17-24(22,23)13-8-6-12(7-9-13)11-4-2-1-3-5-11/h1-9,14,17H,10H2,(H,18,19)(H,20,21)/t14-/m1/s1. The number of sulfonamides is 1. The van der Waals surface area contributed by atoms with Gasteiger partial charge in [0.2, 0.25) is 10.0 Å². The number of carbonyl (C=O) groups is 2. The second kappa shape index (κ2) is 7.24. The largest absolute Gasteiger partial charge is 0.481 e. The SMILES string of the molecule is O=C(O)C[C@@H](NS(=O)(=O)c1ccc(-c2ccccc2)cc1)C(=O)O. The Hall–Kier alpha value is -2.71. The summed E-state index contributed by atoms with van der Waals surface area (Å²) in [5, 5.41) is 17.6. The van der Waals surface area contributed by atoms with Gasteiger partial charge in [-0.25, -0.2) is 8.42 Å². The van der Waals surface area contributed by atoms with Gasteiger partial charge in [0.05, 0.1) is 11.3 Å². The molecule has 0 heterocycles. The molecule has 126 valence electrons. The third kappa shape index (κ3) is 4.40. The van der Waals surface area contributed by atoms with Crippen molar-refractivity contribution in [1.82, 2.24) is 4.72 Å². The number of rotatable bonds is 7. The summed E-state index contributed by atoms with van der Waals surface area (Å²) in [6.45, 7) is 0. The van der Waals surface area contributed by atoms with Crippen molar-refractivity contribution in [2.24, 2.45) is 0 Å². The highest BCUT2D eigenvalue weighted by Crippen LogP contribution is 2.21. The number of carboxylic acids is 2. The van der Waals surface area contributed by atoms with Gasteiger partial charge in [0.25, 0.3) is 0 Å². The summed E-state index contributed by atoms with van der Waals surface area (Å²) >= 11 is 0. The van der Waals surface area contributed by atoms with Gasteiger partial charge in [-0.3, -0.25) is 9.59 Å². The average molecular weight is 349 g/mol. The molecule has 0 amide bonds. The Morgan fingerprint density at radius 3 is 1.96 bits per heavy atom. The molecule has 0 aliphatic heterocycles. The summed E-state index contributed by atoms with van der Waals surface area (Å²) < 4.78 is 26.3. The van der Waals surface area contributed by atoms with Crippen molar-refractivity contribution in [3.63, 3.8) is 0 Å². The Morgan fingerprint density at radius 1 is 0.917 bits per heavy atom. The molecule has 0 saturated heterocycles. The zero-order valence-corrected chi connectivity index (χ0v) is 13.2. The van der Waals surface area contributed by atoms with Gasteiger partial charge in [0.1, 0.15) is 6.04 Å². The summed E-state index contributed by atoms with van der Waals surface area (Å²) in [5.41, 5.74) is 1.71. The van der Waals surface area contributed by atoms with Crippen LogP contribution in [0.5, 0.6) is 0 Å². The van der Waals surface area contributed by atoms with E-state index in [1.54, 1.807) is 12.1 Å². The zero-order chi connectivity index (χ0) is 17.7. The zero-order valence-electron chi connectivity index (χ0n) is 12.4. The van der Waals surface area contributed by atoms with E-state index in [-0.39, 0.29) is 4.90 Å². The molecule has 24 heavy (non-hydrogen) atoms. The van der Waals surface area contributed by atoms with Gasteiger partial charge in [0, 0.05) is 0 Å². The molecule has 1 atom stereocenters. The number of benzene rings is 2. The van der Waals surface area contributed by atoms with Gasteiger partial charge in [-0.1, -0.05) is 42.5 Å². The fraction of sp³-hybridized carbons (Fsp3) is 0.125. The molecule has 2 rings (SSSR count). The van der Waals surface area contributed by atoms with Crippen LogP contribution in [0.3, 0.4) is 0 Å². The van der Waals surface area contributed by atoms with E-state index in [9.17, 15) is 18.0 Å². The minimum absolute atomic E-state index is 0.140. The molecule has 8 heteroatoms. The number of hydrogen-bond acceptors (Lipinski definition) is 4. The molecule has 0 aromatic heterocycles. The van der Waals surface area contributed by atoms with E-state index in [1.807, 2.05) is 35.1 Å². The first kappa shape index (κ1) is 17.6. The highest BCUT2D eigenvalue weighted by Gasteiger charge is 2.27. The quantitative estimate of drug-likeness (QED) is 0.697. The van der Waals surface area contributed by atoms with E-state index in [2.05, 4.69) is 0 Å². The summed E-state index contributed by atoms with van der Waals surface area (Å²) in [7, 11) is -4.14. The predicted molar refractivity (Wildman–Crippen MR) is 85.9 cm³/mol. The molecule has 3 N–H and O–H groups in total. The topological polar surface area (TPSA) is 121 Å². The van der Waals surface area contributed by atoms with Gasteiger partial charge in [-0.15, -0.1) is 0 Å². The summed E-state index contributed by atoms with van der Waals surface area (Å²) in [6.07, 6.45) is -0.851.